The van der Waals surface area contributed by atoms with Gasteiger partial charge in [-0.1, -0.05) is 6.07 Å². The van der Waals surface area contributed by atoms with Crippen LogP contribution in [-0.2, 0) is 6.18 Å². The van der Waals surface area contributed by atoms with E-state index in [0.717, 1.165) is 12.8 Å². The van der Waals surface area contributed by atoms with Gasteiger partial charge >= 0.3 is 6.18 Å². The summed E-state index contributed by atoms with van der Waals surface area (Å²) in [7, 11) is 1.26. The molecule has 1 aliphatic rings. The van der Waals surface area contributed by atoms with Crippen LogP contribution in [0.4, 0.5) is 18.9 Å². The van der Waals surface area contributed by atoms with Gasteiger partial charge in [0.1, 0.15) is 11.3 Å². The van der Waals surface area contributed by atoms with Gasteiger partial charge in [0.05, 0.1) is 12.8 Å². The van der Waals surface area contributed by atoms with Gasteiger partial charge in [-0.05, 0) is 25.0 Å². The summed E-state index contributed by atoms with van der Waals surface area (Å²) in [5.41, 5.74) is -0.432. The van der Waals surface area contributed by atoms with Crippen molar-refractivity contribution in [3.05, 3.63) is 23.8 Å². The Morgan fingerprint density at radius 3 is 2.35 bits per heavy atom. The minimum atomic E-state index is -4.38. The summed E-state index contributed by atoms with van der Waals surface area (Å²) in [5, 5.41) is 0. The van der Waals surface area contributed by atoms with Gasteiger partial charge in [-0.2, -0.15) is 13.2 Å². The number of anilines is 1. The molecule has 0 aliphatic carbocycles. The molecule has 0 radical (unpaired) electrons. The fourth-order valence-corrected chi connectivity index (χ4v) is 2.20. The van der Waals surface area contributed by atoms with E-state index in [4.69, 9.17) is 4.74 Å². The van der Waals surface area contributed by atoms with Crippen molar-refractivity contribution in [2.45, 2.75) is 19.0 Å². The summed E-state index contributed by atoms with van der Waals surface area (Å²) < 4.78 is 44.0. The minimum Gasteiger partial charge on any atom is -0.496 e. The lowest BCUT2D eigenvalue weighted by Gasteiger charge is -2.24. The molecule has 2 rings (SSSR count). The molecule has 0 atom stereocenters. The smallest absolute Gasteiger partial charge is 0.421 e. The van der Waals surface area contributed by atoms with Gasteiger partial charge in [-0.3, -0.25) is 0 Å². The lowest BCUT2D eigenvalue weighted by atomic mass is 10.1. The summed E-state index contributed by atoms with van der Waals surface area (Å²) >= 11 is 0. The molecule has 1 aliphatic heterocycles. The SMILES string of the molecule is COc1cccc(N2CCCC2)c1C(F)(F)F. The molecular formula is C12H14F3NO. The van der Waals surface area contributed by atoms with Crippen LogP contribution in [0.1, 0.15) is 18.4 Å². The van der Waals surface area contributed by atoms with Crippen LogP contribution in [0.25, 0.3) is 0 Å². The predicted molar refractivity (Wildman–Crippen MR) is 59.4 cm³/mol. The Morgan fingerprint density at radius 1 is 1.18 bits per heavy atom. The third kappa shape index (κ3) is 2.33. The van der Waals surface area contributed by atoms with Crippen LogP contribution in [-0.4, -0.2) is 20.2 Å². The molecule has 1 saturated heterocycles. The van der Waals surface area contributed by atoms with Crippen molar-refractivity contribution in [3.8, 4) is 5.75 Å². The standard InChI is InChI=1S/C12H14F3NO/c1-17-10-6-4-5-9(11(10)12(13,14)15)16-7-2-3-8-16/h4-6H,2-3,7-8H2,1H3. The maximum Gasteiger partial charge on any atom is 0.421 e. The van der Waals surface area contributed by atoms with Gasteiger partial charge in [0.2, 0.25) is 0 Å². The maximum atomic E-state index is 13.0. The lowest BCUT2D eigenvalue weighted by Crippen LogP contribution is -2.22. The fourth-order valence-electron chi connectivity index (χ4n) is 2.20. The number of alkyl halides is 3. The van der Waals surface area contributed by atoms with E-state index in [-0.39, 0.29) is 11.4 Å². The average Bonchev–Trinajstić information content (AvgIpc) is 2.80. The third-order valence-electron chi connectivity index (χ3n) is 2.95. The van der Waals surface area contributed by atoms with E-state index >= 15 is 0 Å². The van der Waals surface area contributed by atoms with Crippen molar-refractivity contribution in [3.63, 3.8) is 0 Å². The van der Waals surface area contributed by atoms with Gasteiger partial charge in [-0.25, -0.2) is 0 Å². The number of halogens is 3. The van der Waals surface area contributed by atoms with Crippen molar-refractivity contribution >= 4 is 5.69 Å². The Morgan fingerprint density at radius 2 is 1.82 bits per heavy atom. The highest BCUT2D eigenvalue weighted by molar-refractivity contribution is 5.61. The number of rotatable bonds is 2. The number of ether oxygens (including phenoxy) is 1. The summed E-state index contributed by atoms with van der Waals surface area (Å²) in [4.78, 5) is 1.77. The molecule has 1 fully saturated rings. The van der Waals surface area contributed by atoms with Crippen molar-refractivity contribution in [2.24, 2.45) is 0 Å². The molecule has 0 amide bonds. The normalized spacial score (nSPS) is 16.4. The highest BCUT2D eigenvalue weighted by atomic mass is 19.4. The third-order valence-corrected chi connectivity index (χ3v) is 2.95. The Labute approximate surface area is 98.0 Å². The van der Waals surface area contributed by atoms with E-state index in [1.165, 1.54) is 19.2 Å². The highest BCUT2D eigenvalue weighted by Gasteiger charge is 2.38. The molecule has 0 N–H and O–H groups in total. The number of nitrogens with zero attached hydrogens (tertiary/aromatic N) is 1. The van der Waals surface area contributed by atoms with Crippen molar-refractivity contribution in [1.29, 1.82) is 0 Å². The van der Waals surface area contributed by atoms with E-state index < -0.39 is 11.7 Å². The molecule has 0 spiro atoms. The Hall–Kier alpha value is -1.39. The second kappa shape index (κ2) is 4.47. The van der Waals surface area contributed by atoms with Crippen LogP contribution >= 0.6 is 0 Å². The Kier molecular flexibility index (Phi) is 3.17. The van der Waals surface area contributed by atoms with Crippen molar-refractivity contribution in [2.75, 3.05) is 25.1 Å². The molecule has 5 heteroatoms. The number of hydrogen-bond acceptors (Lipinski definition) is 2. The first-order valence-corrected chi connectivity index (χ1v) is 5.53. The zero-order valence-corrected chi connectivity index (χ0v) is 9.55. The first kappa shape index (κ1) is 12.1. The fraction of sp³-hybridized carbons (Fsp3) is 0.500. The molecule has 1 aromatic carbocycles. The van der Waals surface area contributed by atoms with Gasteiger partial charge in [-0.15, -0.1) is 0 Å². The van der Waals surface area contributed by atoms with E-state index in [1.54, 1.807) is 11.0 Å². The molecule has 0 saturated carbocycles. The molecule has 94 valence electrons. The summed E-state index contributed by atoms with van der Waals surface area (Å²) in [5.74, 6) is -0.109. The summed E-state index contributed by atoms with van der Waals surface area (Å²) in [6, 6.07) is 4.46. The summed E-state index contributed by atoms with van der Waals surface area (Å²) in [6.45, 7) is 1.35. The molecular weight excluding hydrogens is 231 g/mol. The molecule has 2 nitrogen and oxygen atoms in total. The van der Waals surface area contributed by atoms with Gasteiger partial charge < -0.3 is 9.64 Å². The molecule has 17 heavy (non-hydrogen) atoms. The molecule has 0 aromatic heterocycles. The van der Waals surface area contributed by atoms with E-state index in [1.807, 2.05) is 0 Å². The van der Waals surface area contributed by atoms with E-state index in [9.17, 15) is 13.2 Å². The topological polar surface area (TPSA) is 12.5 Å². The molecule has 0 unspecified atom stereocenters. The number of methoxy groups -OCH3 is 1. The zero-order valence-electron chi connectivity index (χ0n) is 9.55. The van der Waals surface area contributed by atoms with Gasteiger partial charge in [0.25, 0.3) is 0 Å². The van der Waals surface area contributed by atoms with Crippen LogP contribution in [0, 0.1) is 0 Å². The lowest BCUT2D eigenvalue weighted by molar-refractivity contribution is -0.138. The Balaban J connectivity index is 2.50. The summed E-state index contributed by atoms with van der Waals surface area (Å²) in [6.07, 6.45) is -2.51. The quantitative estimate of drug-likeness (QED) is 0.792. The van der Waals surface area contributed by atoms with Crippen LogP contribution in [0.15, 0.2) is 18.2 Å². The zero-order chi connectivity index (χ0) is 12.5. The van der Waals surface area contributed by atoms with Crippen LogP contribution in [0.2, 0.25) is 0 Å². The Bertz CT molecular complexity index is 397. The van der Waals surface area contributed by atoms with Crippen LogP contribution in [0.3, 0.4) is 0 Å². The van der Waals surface area contributed by atoms with E-state index in [2.05, 4.69) is 0 Å². The van der Waals surface area contributed by atoms with Crippen molar-refractivity contribution in [1.82, 2.24) is 0 Å². The largest absolute Gasteiger partial charge is 0.496 e. The number of hydrogen-bond donors (Lipinski definition) is 0. The molecule has 1 heterocycles. The first-order valence-electron chi connectivity index (χ1n) is 5.53. The van der Waals surface area contributed by atoms with Gasteiger partial charge in [0.15, 0.2) is 0 Å². The maximum absolute atomic E-state index is 13.0. The first-order chi connectivity index (χ1) is 8.04. The second-order valence-corrected chi connectivity index (χ2v) is 4.05. The van der Waals surface area contributed by atoms with Gasteiger partial charge in [0, 0.05) is 13.1 Å². The monoisotopic (exact) mass is 245 g/mol. The average molecular weight is 245 g/mol. The highest BCUT2D eigenvalue weighted by Crippen LogP contribution is 2.43. The van der Waals surface area contributed by atoms with E-state index in [0.29, 0.717) is 13.1 Å². The van der Waals surface area contributed by atoms with Crippen LogP contribution < -0.4 is 9.64 Å². The van der Waals surface area contributed by atoms with Crippen molar-refractivity contribution < 1.29 is 17.9 Å². The second-order valence-electron chi connectivity index (χ2n) is 4.05. The molecule has 0 bridgehead atoms. The molecule has 1 aromatic rings. The predicted octanol–water partition coefficient (Wildman–Crippen LogP) is 3.31. The number of benzene rings is 1. The minimum absolute atomic E-state index is 0.109. The van der Waals surface area contributed by atoms with Crippen LogP contribution in [0.5, 0.6) is 5.75 Å².